The number of rotatable bonds is 7. The van der Waals surface area contributed by atoms with E-state index >= 15 is 0 Å². The van der Waals surface area contributed by atoms with Crippen LogP contribution in [0.1, 0.15) is 56.8 Å². The number of aliphatic hydroxyl groups excluding tert-OH is 1. The van der Waals surface area contributed by atoms with Gasteiger partial charge in [0.2, 0.25) is 5.91 Å². The van der Waals surface area contributed by atoms with Gasteiger partial charge in [-0.05, 0) is 61.0 Å². The average molecular weight is 487 g/mol. The molecule has 8 nitrogen and oxygen atoms in total. The van der Waals surface area contributed by atoms with Gasteiger partial charge in [-0.3, -0.25) is 19.5 Å². The summed E-state index contributed by atoms with van der Waals surface area (Å²) >= 11 is 0. The van der Waals surface area contributed by atoms with E-state index in [1.54, 1.807) is 24.5 Å². The molecule has 2 aliphatic carbocycles. The van der Waals surface area contributed by atoms with Gasteiger partial charge in [0.25, 0.3) is 5.91 Å². The zero-order valence-corrected chi connectivity index (χ0v) is 21.4. The summed E-state index contributed by atoms with van der Waals surface area (Å²) < 4.78 is 5.39. The van der Waals surface area contributed by atoms with Crippen LogP contribution in [0.2, 0.25) is 0 Å². The fraction of sp³-hybridized carbons (Fsp3) is 0.741. The minimum absolute atomic E-state index is 0.000189. The van der Waals surface area contributed by atoms with Gasteiger partial charge in [-0.2, -0.15) is 0 Å². The fourth-order valence-electron chi connectivity index (χ4n) is 6.77. The zero-order chi connectivity index (χ0) is 25.0. The molecular weight excluding hydrogens is 444 g/mol. The molecule has 0 spiro atoms. The van der Waals surface area contributed by atoms with Crippen LogP contribution < -0.4 is 10.6 Å². The van der Waals surface area contributed by atoms with E-state index in [-0.39, 0.29) is 46.9 Å². The summed E-state index contributed by atoms with van der Waals surface area (Å²) in [6, 6.07) is 3.44. The molecule has 3 N–H and O–H groups in total. The van der Waals surface area contributed by atoms with Crippen molar-refractivity contribution < 1.29 is 19.4 Å². The summed E-state index contributed by atoms with van der Waals surface area (Å²) in [7, 11) is 0. The maximum Gasteiger partial charge on any atom is 0.251 e. The molecule has 1 aromatic heterocycles. The van der Waals surface area contributed by atoms with Gasteiger partial charge in [0.05, 0.1) is 19.3 Å². The van der Waals surface area contributed by atoms with Gasteiger partial charge in [0.1, 0.15) is 0 Å². The number of aromatic nitrogens is 1. The number of carbonyl (C=O) groups is 2. The largest absolute Gasteiger partial charge is 0.392 e. The van der Waals surface area contributed by atoms with E-state index in [9.17, 15) is 14.7 Å². The van der Waals surface area contributed by atoms with Gasteiger partial charge in [0.15, 0.2) is 0 Å². The molecule has 2 heterocycles. The molecule has 7 unspecified atom stereocenters. The Bertz CT molecular complexity index is 862. The summed E-state index contributed by atoms with van der Waals surface area (Å²) in [6.45, 7) is 11.1. The Balaban J connectivity index is 1.36. The molecule has 3 aliphatic rings. The van der Waals surface area contributed by atoms with Crippen LogP contribution >= 0.6 is 0 Å². The van der Waals surface area contributed by atoms with E-state index in [4.69, 9.17) is 4.74 Å². The number of nitrogens with one attached hydrogen (secondary N) is 2. The summed E-state index contributed by atoms with van der Waals surface area (Å²) in [5, 5.41) is 17.9. The van der Waals surface area contributed by atoms with Crippen LogP contribution in [-0.4, -0.2) is 78.3 Å². The van der Waals surface area contributed by atoms with Crippen LogP contribution in [0.5, 0.6) is 0 Å². The molecule has 1 aliphatic heterocycles. The van der Waals surface area contributed by atoms with E-state index < -0.39 is 6.10 Å². The van der Waals surface area contributed by atoms with Crippen molar-refractivity contribution in [3.05, 3.63) is 30.1 Å². The molecule has 4 rings (SSSR count). The van der Waals surface area contributed by atoms with Crippen molar-refractivity contribution in [2.45, 2.75) is 58.6 Å². The molecule has 0 aromatic carbocycles. The minimum Gasteiger partial charge on any atom is -0.392 e. The summed E-state index contributed by atoms with van der Waals surface area (Å²) in [4.78, 5) is 32.1. The number of hydrogen-bond donors (Lipinski definition) is 3. The summed E-state index contributed by atoms with van der Waals surface area (Å²) in [5.41, 5.74) is 0.629. The van der Waals surface area contributed by atoms with Crippen molar-refractivity contribution >= 4 is 11.8 Å². The first-order valence-corrected chi connectivity index (χ1v) is 13.3. The third-order valence-corrected chi connectivity index (χ3v) is 9.03. The number of aliphatic hydroxyl groups is 1. The van der Waals surface area contributed by atoms with Crippen LogP contribution in [0.15, 0.2) is 24.5 Å². The topological polar surface area (TPSA) is 104 Å². The molecule has 0 bridgehead atoms. The highest BCUT2D eigenvalue weighted by Gasteiger charge is 2.53. The molecule has 3 fully saturated rings. The van der Waals surface area contributed by atoms with E-state index in [2.05, 4.69) is 34.4 Å². The molecule has 194 valence electrons. The second-order valence-corrected chi connectivity index (χ2v) is 11.1. The Morgan fingerprint density at radius 3 is 2.63 bits per heavy atom. The van der Waals surface area contributed by atoms with Crippen LogP contribution in [-0.2, 0) is 9.53 Å². The predicted octanol–water partition coefficient (Wildman–Crippen LogP) is 2.09. The number of hydrogen-bond acceptors (Lipinski definition) is 6. The van der Waals surface area contributed by atoms with Crippen molar-refractivity contribution in [2.75, 3.05) is 39.4 Å². The molecule has 7 atom stereocenters. The lowest BCUT2D eigenvalue weighted by atomic mass is 9.51. The fourth-order valence-corrected chi connectivity index (χ4v) is 6.77. The van der Waals surface area contributed by atoms with Crippen LogP contribution in [0, 0.1) is 29.1 Å². The van der Waals surface area contributed by atoms with Gasteiger partial charge in [-0.25, -0.2) is 0 Å². The lowest BCUT2D eigenvalue weighted by Gasteiger charge is -2.56. The third-order valence-electron chi connectivity index (χ3n) is 9.03. The normalized spacial score (nSPS) is 34.5. The second-order valence-electron chi connectivity index (χ2n) is 11.1. The van der Waals surface area contributed by atoms with Crippen LogP contribution in [0.3, 0.4) is 0 Å². The smallest absolute Gasteiger partial charge is 0.251 e. The standard InChI is InChI=1S/C27H42N4O4/c1-18(25(33)29-12-13-31-14-16-35-17-15-31)21-4-8-27(3)9-5-22(19(2)23(27)24(21)32)30-26(34)20-6-10-28-11-7-20/h6-7,10-11,18-19,21-24,32H,4-5,8-9,12-17H2,1-3H3,(H,29,33)(H,30,34). The first-order valence-electron chi connectivity index (χ1n) is 13.3. The first-order chi connectivity index (χ1) is 16.8. The Morgan fingerprint density at radius 1 is 1.23 bits per heavy atom. The number of pyridine rings is 1. The highest BCUT2D eigenvalue weighted by Crippen LogP contribution is 2.55. The second kappa shape index (κ2) is 11.4. The summed E-state index contributed by atoms with van der Waals surface area (Å²) in [6.07, 6.45) is 6.41. The lowest BCUT2D eigenvalue weighted by Crippen LogP contribution is -2.58. The number of nitrogens with zero attached hydrogens (tertiary/aromatic N) is 2. The Morgan fingerprint density at radius 2 is 1.91 bits per heavy atom. The van der Waals surface area contributed by atoms with Crippen molar-refractivity contribution in [1.29, 1.82) is 0 Å². The van der Waals surface area contributed by atoms with Gasteiger partial charge >= 0.3 is 0 Å². The van der Waals surface area contributed by atoms with Gasteiger partial charge < -0.3 is 20.5 Å². The van der Waals surface area contributed by atoms with Gasteiger partial charge in [-0.1, -0.05) is 20.8 Å². The Labute approximate surface area is 209 Å². The number of morpholine rings is 1. The van der Waals surface area contributed by atoms with Gasteiger partial charge in [0, 0.05) is 56.1 Å². The minimum atomic E-state index is -0.565. The predicted molar refractivity (Wildman–Crippen MR) is 134 cm³/mol. The molecule has 8 heteroatoms. The highest BCUT2D eigenvalue weighted by atomic mass is 16.5. The van der Waals surface area contributed by atoms with E-state index in [1.807, 2.05) is 6.92 Å². The van der Waals surface area contributed by atoms with Crippen molar-refractivity contribution in [3.8, 4) is 0 Å². The highest BCUT2D eigenvalue weighted by molar-refractivity contribution is 5.94. The van der Waals surface area contributed by atoms with Crippen LogP contribution in [0.25, 0.3) is 0 Å². The molecule has 2 amide bonds. The van der Waals surface area contributed by atoms with Crippen molar-refractivity contribution in [3.63, 3.8) is 0 Å². The zero-order valence-electron chi connectivity index (χ0n) is 21.4. The van der Waals surface area contributed by atoms with E-state index in [1.165, 1.54) is 0 Å². The Kier molecular flexibility index (Phi) is 8.45. The SMILES string of the molecule is CC(C(=O)NCCN1CCOCC1)C1CCC2(C)CCC(NC(=O)c3ccncc3)C(C)C2C1O. The van der Waals surface area contributed by atoms with E-state index in [0.29, 0.717) is 12.1 Å². The van der Waals surface area contributed by atoms with Gasteiger partial charge in [-0.15, -0.1) is 0 Å². The molecule has 0 radical (unpaired) electrons. The maximum absolute atomic E-state index is 13.0. The monoisotopic (exact) mass is 486 g/mol. The van der Waals surface area contributed by atoms with Crippen LogP contribution in [0.4, 0.5) is 0 Å². The number of carbonyl (C=O) groups excluding carboxylic acids is 2. The molecular formula is C27H42N4O4. The number of fused-ring (bicyclic) bond motifs is 1. The van der Waals surface area contributed by atoms with E-state index in [0.717, 1.165) is 58.5 Å². The van der Waals surface area contributed by atoms with Crippen molar-refractivity contribution in [2.24, 2.45) is 29.1 Å². The first kappa shape index (κ1) is 26.0. The average Bonchev–Trinajstić information content (AvgIpc) is 2.86. The molecule has 1 aromatic rings. The molecule has 2 saturated carbocycles. The quantitative estimate of drug-likeness (QED) is 0.545. The number of ether oxygens (including phenoxy) is 1. The maximum atomic E-state index is 13.0. The lowest BCUT2D eigenvalue weighted by molar-refractivity contribution is -0.142. The van der Waals surface area contributed by atoms with Crippen molar-refractivity contribution in [1.82, 2.24) is 20.5 Å². The number of amides is 2. The third kappa shape index (κ3) is 5.87. The summed E-state index contributed by atoms with van der Waals surface area (Å²) in [5.74, 6) is -0.235. The Hall–Kier alpha value is -2.03. The molecule has 35 heavy (non-hydrogen) atoms. The molecule has 1 saturated heterocycles.